The quantitative estimate of drug-likeness (QED) is 0.551. The van der Waals surface area contributed by atoms with Crippen LogP contribution in [0, 0.1) is 0 Å². The van der Waals surface area contributed by atoms with Gasteiger partial charge in [-0.25, -0.2) is 0 Å². The van der Waals surface area contributed by atoms with Gasteiger partial charge in [-0.3, -0.25) is 9.59 Å². The normalized spacial score (nSPS) is 11.5. The number of nitrogens with one attached hydrogen (secondary N) is 2. The summed E-state index contributed by atoms with van der Waals surface area (Å²) in [6.45, 7) is 1.93. The van der Waals surface area contributed by atoms with Crippen molar-refractivity contribution in [1.29, 1.82) is 0 Å². The smallest absolute Gasteiger partial charge is 0.253 e. The monoisotopic (exact) mass is 406 g/mol. The van der Waals surface area contributed by atoms with Crippen molar-refractivity contribution in [2.75, 3.05) is 5.32 Å². The number of carbonyl (C=O) groups excluding carboxylic acids is 2. The number of hydrogen-bond donors (Lipinski definition) is 2. The molecule has 0 spiro atoms. The van der Waals surface area contributed by atoms with E-state index >= 15 is 0 Å². The Morgan fingerprint density at radius 3 is 2.28 bits per heavy atom. The van der Waals surface area contributed by atoms with E-state index in [0.29, 0.717) is 29.1 Å². The second kappa shape index (κ2) is 9.89. The van der Waals surface area contributed by atoms with Crippen molar-refractivity contribution in [2.45, 2.75) is 25.8 Å². The van der Waals surface area contributed by atoms with E-state index in [2.05, 4.69) is 10.6 Å². The first-order chi connectivity index (χ1) is 14.0. The van der Waals surface area contributed by atoms with E-state index in [4.69, 9.17) is 11.6 Å². The molecule has 0 bridgehead atoms. The molecule has 2 amide bonds. The lowest BCUT2D eigenvalue weighted by atomic mass is 10.1. The molecule has 3 aromatic rings. The molecule has 0 aliphatic heterocycles. The number of rotatable bonds is 7. The first-order valence-corrected chi connectivity index (χ1v) is 9.90. The molecule has 1 atom stereocenters. The van der Waals surface area contributed by atoms with Gasteiger partial charge in [-0.15, -0.1) is 0 Å². The summed E-state index contributed by atoms with van der Waals surface area (Å²) in [5, 5.41) is 6.52. The number of amides is 2. The molecule has 0 fully saturated rings. The highest BCUT2D eigenvalue weighted by molar-refractivity contribution is 6.30. The fraction of sp³-hybridized carbons (Fsp3) is 0.167. The molecular formula is C24H23ClN2O2. The van der Waals surface area contributed by atoms with Crippen LogP contribution in [0.3, 0.4) is 0 Å². The first kappa shape index (κ1) is 20.6. The van der Waals surface area contributed by atoms with E-state index in [-0.39, 0.29) is 17.9 Å². The number of anilines is 1. The highest BCUT2D eigenvalue weighted by Gasteiger charge is 2.16. The largest absolute Gasteiger partial charge is 0.345 e. The van der Waals surface area contributed by atoms with Gasteiger partial charge in [0, 0.05) is 11.4 Å². The van der Waals surface area contributed by atoms with Gasteiger partial charge in [0.1, 0.15) is 0 Å². The van der Waals surface area contributed by atoms with Crippen LogP contribution in [-0.2, 0) is 11.2 Å². The molecule has 3 rings (SSSR count). The molecule has 29 heavy (non-hydrogen) atoms. The van der Waals surface area contributed by atoms with E-state index in [1.54, 1.807) is 24.3 Å². The molecule has 5 heteroatoms. The van der Waals surface area contributed by atoms with Crippen LogP contribution >= 0.6 is 11.6 Å². The fourth-order valence-electron chi connectivity index (χ4n) is 3.01. The van der Waals surface area contributed by atoms with Crippen LogP contribution in [0.15, 0.2) is 78.9 Å². The molecule has 3 aromatic carbocycles. The Bertz CT molecular complexity index is 972. The minimum Gasteiger partial charge on any atom is -0.345 e. The van der Waals surface area contributed by atoms with Crippen molar-refractivity contribution in [3.05, 3.63) is 101 Å². The third-order valence-corrected chi connectivity index (χ3v) is 4.90. The Hall–Kier alpha value is -3.11. The number of carbonyl (C=O) groups is 2. The van der Waals surface area contributed by atoms with Crippen molar-refractivity contribution < 1.29 is 9.59 Å². The molecule has 4 nitrogen and oxygen atoms in total. The third-order valence-electron chi connectivity index (χ3n) is 4.65. The summed E-state index contributed by atoms with van der Waals surface area (Å²) >= 11 is 5.89. The molecule has 0 unspecified atom stereocenters. The van der Waals surface area contributed by atoms with Crippen LogP contribution in [0.1, 0.15) is 40.9 Å². The summed E-state index contributed by atoms with van der Waals surface area (Å²) in [6.07, 6.45) is 0.917. The van der Waals surface area contributed by atoms with Gasteiger partial charge in [0.05, 0.1) is 17.3 Å². The van der Waals surface area contributed by atoms with Gasteiger partial charge in [0.2, 0.25) is 5.91 Å². The van der Waals surface area contributed by atoms with Gasteiger partial charge in [0.25, 0.3) is 5.91 Å². The predicted octanol–water partition coefficient (Wildman–Crippen LogP) is 5.40. The highest BCUT2D eigenvalue weighted by Crippen LogP contribution is 2.19. The zero-order valence-corrected chi connectivity index (χ0v) is 16.9. The molecule has 0 heterocycles. The van der Waals surface area contributed by atoms with Crippen LogP contribution in [0.2, 0.25) is 5.02 Å². The SMILES string of the molecule is C[C@@H](NC(=O)c1ccccc1NC(=O)CCc1ccc(Cl)cc1)c1ccccc1. The average molecular weight is 407 g/mol. The van der Waals surface area contributed by atoms with Crippen LogP contribution in [0.25, 0.3) is 0 Å². The lowest BCUT2D eigenvalue weighted by Crippen LogP contribution is -2.28. The van der Waals surface area contributed by atoms with Gasteiger partial charge in [0.15, 0.2) is 0 Å². The van der Waals surface area contributed by atoms with E-state index in [1.165, 1.54) is 0 Å². The van der Waals surface area contributed by atoms with Crippen LogP contribution < -0.4 is 10.6 Å². The van der Waals surface area contributed by atoms with Gasteiger partial charge in [-0.05, 0) is 48.7 Å². The van der Waals surface area contributed by atoms with Gasteiger partial charge < -0.3 is 10.6 Å². The summed E-state index contributed by atoms with van der Waals surface area (Å²) in [7, 11) is 0. The van der Waals surface area contributed by atoms with Crippen LogP contribution in [0.5, 0.6) is 0 Å². The molecule has 2 N–H and O–H groups in total. The first-order valence-electron chi connectivity index (χ1n) is 9.52. The highest BCUT2D eigenvalue weighted by atomic mass is 35.5. The summed E-state index contributed by atoms with van der Waals surface area (Å²) in [5.74, 6) is -0.369. The summed E-state index contributed by atoms with van der Waals surface area (Å²) in [6, 6.07) is 24.1. The molecule has 0 aliphatic carbocycles. The maximum Gasteiger partial charge on any atom is 0.253 e. The second-order valence-corrected chi connectivity index (χ2v) is 7.26. The molecule has 0 aliphatic rings. The van der Waals surface area contributed by atoms with E-state index in [0.717, 1.165) is 11.1 Å². The van der Waals surface area contributed by atoms with Crippen molar-refractivity contribution in [3.8, 4) is 0 Å². The maximum absolute atomic E-state index is 12.8. The fourth-order valence-corrected chi connectivity index (χ4v) is 3.14. The van der Waals surface area contributed by atoms with E-state index < -0.39 is 0 Å². The summed E-state index contributed by atoms with van der Waals surface area (Å²) in [5.41, 5.74) is 3.00. The predicted molar refractivity (Wildman–Crippen MR) is 117 cm³/mol. The Morgan fingerprint density at radius 1 is 0.897 bits per heavy atom. The summed E-state index contributed by atoms with van der Waals surface area (Å²) in [4.78, 5) is 25.2. The molecule has 148 valence electrons. The summed E-state index contributed by atoms with van der Waals surface area (Å²) < 4.78 is 0. The van der Waals surface area contributed by atoms with Crippen LogP contribution in [-0.4, -0.2) is 11.8 Å². The zero-order chi connectivity index (χ0) is 20.6. The Morgan fingerprint density at radius 2 is 1.55 bits per heavy atom. The minimum absolute atomic E-state index is 0.141. The number of benzene rings is 3. The molecule has 0 saturated carbocycles. The van der Waals surface area contributed by atoms with E-state index in [9.17, 15) is 9.59 Å². The lowest BCUT2D eigenvalue weighted by Gasteiger charge is -2.16. The van der Waals surface area contributed by atoms with Crippen molar-refractivity contribution >= 4 is 29.1 Å². The zero-order valence-electron chi connectivity index (χ0n) is 16.2. The van der Waals surface area contributed by atoms with Gasteiger partial charge >= 0.3 is 0 Å². The number of hydrogen-bond acceptors (Lipinski definition) is 2. The number of para-hydroxylation sites is 1. The Kier molecular flexibility index (Phi) is 7.04. The minimum atomic E-state index is -0.227. The van der Waals surface area contributed by atoms with Gasteiger partial charge in [-0.1, -0.05) is 66.2 Å². The number of aryl methyl sites for hydroxylation is 1. The molecule has 0 radical (unpaired) electrons. The van der Waals surface area contributed by atoms with E-state index in [1.807, 2.05) is 61.5 Å². The van der Waals surface area contributed by atoms with Crippen LogP contribution in [0.4, 0.5) is 5.69 Å². The van der Waals surface area contributed by atoms with Crippen molar-refractivity contribution in [1.82, 2.24) is 5.32 Å². The van der Waals surface area contributed by atoms with Gasteiger partial charge in [-0.2, -0.15) is 0 Å². The topological polar surface area (TPSA) is 58.2 Å². The van der Waals surface area contributed by atoms with Crippen molar-refractivity contribution in [2.24, 2.45) is 0 Å². The second-order valence-electron chi connectivity index (χ2n) is 6.83. The molecule has 0 saturated heterocycles. The average Bonchev–Trinajstić information content (AvgIpc) is 2.74. The number of halogens is 1. The standard InChI is InChI=1S/C24H23ClN2O2/c1-17(19-7-3-2-4-8-19)26-24(29)21-9-5-6-10-22(21)27-23(28)16-13-18-11-14-20(25)15-12-18/h2-12,14-15,17H,13,16H2,1H3,(H,26,29)(H,27,28)/t17-/m1/s1. The molecular weight excluding hydrogens is 384 g/mol. The Labute approximate surface area is 175 Å². The lowest BCUT2D eigenvalue weighted by molar-refractivity contribution is -0.116. The maximum atomic E-state index is 12.8. The molecule has 0 aromatic heterocycles. The third kappa shape index (κ3) is 5.93. The van der Waals surface area contributed by atoms with Crippen molar-refractivity contribution in [3.63, 3.8) is 0 Å². The Balaban J connectivity index is 1.62.